The first-order chi connectivity index (χ1) is 9.33. The van der Waals surface area contributed by atoms with Crippen molar-refractivity contribution in [2.24, 2.45) is 0 Å². The van der Waals surface area contributed by atoms with E-state index in [1.54, 1.807) is 12.0 Å². The van der Waals surface area contributed by atoms with Crippen molar-refractivity contribution in [2.45, 2.75) is 39.3 Å². The minimum atomic E-state index is 0.0432. The molecule has 0 aromatic heterocycles. The molecule has 0 spiro atoms. The van der Waals surface area contributed by atoms with E-state index in [0.717, 1.165) is 11.3 Å². The van der Waals surface area contributed by atoms with E-state index in [9.17, 15) is 4.79 Å². The molecule has 0 heterocycles. The van der Waals surface area contributed by atoms with Gasteiger partial charge >= 0.3 is 0 Å². The molecule has 1 aromatic rings. The number of methoxy groups -OCH3 is 1. The van der Waals surface area contributed by atoms with Gasteiger partial charge in [0.15, 0.2) is 0 Å². The molecular weight excluding hydrogens is 252 g/mol. The van der Waals surface area contributed by atoms with Crippen molar-refractivity contribution in [3.63, 3.8) is 0 Å². The largest absolute Gasteiger partial charge is 0.496 e. The number of ether oxygens (including phenoxy) is 1. The Kier molecular flexibility index (Phi) is 6.02. The third-order valence-electron chi connectivity index (χ3n) is 3.02. The highest BCUT2D eigenvalue weighted by Gasteiger charge is 2.13. The van der Waals surface area contributed by atoms with Crippen LogP contribution in [0.5, 0.6) is 5.75 Å². The van der Waals surface area contributed by atoms with Crippen LogP contribution < -0.4 is 10.1 Å². The van der Waals surface area contributed by atoms with Gasteiger partial charge in [-0.25, -0.2) is 0 Å². The summed E-state index contributed by atoms with van der Waals surface area (Å²) in [5, 5.41) is 3.32. The molecule has 0 atom stereocenters. The second kappa shape index (κ2) is 7.29. The van der Waals surface area contributed by atoms with Crippen LogP contribution in [-0.2, 0) is 11.3 Å². The number of nitrogens with zero attached hydrogens (tertiary/aromatic N) is 1. The van der Waals surface area contributed by atoms with Gasteiger partial charge < -0.3 is 15.0 Å². The summed E-state index contributed by atoms with van der Waals surface area (Å²) in [6, 6.07) is 7.78. The normalized spacial score (nSPS) is 11.2. The molecule has 0 unspecified atom stereocenters. The average molecular weight is 278 g/mol. The van der Waals surface area contributed by atoms with Gasteiger partial charge in [-0.3, -0.25) is 4.79 Å². The molecule has 112 valence electrons. The number of benzene rings is 1. The Morgan fingerprint density at radius 3 is 2.55 bits per heavy atom. The SMILES string of the molecule is COc1ccccc1CN(C)C(=O)CCNC(C)(C)C. The number of carbonyl (C=O) groups excluding carboxylic acids is 1. The zero-order valence-corrected chi connectivity index (χ0v) is 13.2. The van der Waals surface area contributed by atoms with Crippen molar-refractivity contribution < 1.29 is 9.53 Å². The Morgan fingerprint density at radius 1 is 1.30 bits per heavy atom. The minimum absolute atomic E-state index is 0.0432. The number of hydrogen-bond acceptors (Lipinski definition) is 3. The number of nitrogens with one attached hydrogen (secondary N) is 1. The highest BCUT2D eigenvalue weighted by atomic mass is 16.5. The maximum atomic E-state index is 12.1. The lowest BCUT2D eigenvalue weighted by Crippen LogP contribution is -2.38. The lowest BCUT2D eigenvalue weighted by Gasteiger charge is -2.22. The lowest BCUT2D eigenvalue weighted by atomic mass is 10.1. The highest BCUT2D eigenvalue weighted by molar-refractivity contribution is 5.76. The smallest absolute Gasteiger partial charge is 0.223 e. The van der Waals surface area contributed by atoms with Crippen LogP contribution in [0.4, 0.5) is 0 Å². The summed E-state index contributed by atoms with van der Waals surface area (Å²) < 4.78 is 5.30. The van der Waals surface area contributed by atoms with E-state index in [-0.39, 0.29) is 11.4 Å². The Morgan fingerprint density at radius 2 is 1.95 bits per heavy atom. The Hall–Kier alpha value is -1.55. The van der Waals surface area contributed by atoms with E-state index in [4.69, 9.17) is 4.74 Å². The summed E-state index contributed by atoms with van der Waals surface area (Å²) >= 11 is 0. The van der Waals surface area contributed by atoms with Crippen LogP contribution in [0.3, 0.4) is 0 Å². The molecule has 1 amide bonds. The van der Waals surface area contributed by atoms with Gasteiger partial charge in [-0.2, -0.15) is 0 Å². The van der Waals surface area contributed by atoms with Crippen molar-refractivity contribution in [2.75, 3.05) is 20.7 Å². The molecule has 0 bridgehead atoms. The molecule has 0 saturated carbocycles. The number of rotatable bonds is 6. The summed E-state index contributed by atoms with van der Waals surface area (Å²) in [5.74, 6) is 0.952. The fraction of sp³-hybridized carbons (Fsp3) is 0.562. The van der Waals surface area contributed by atoms with Crippen LogP contribution in [0.2, 0.25) is 0 Å². The fourth-order valence-electron chi connectivity index (χ4n) is 1.91. The summed E-state index contributed by atoms with van der Waals surface area (Å²) in [4.78, 5) is 13.8. The summed E-state index contributed by atoms with van der Waals surface area (Å²) in [7, 11) is 3.47. The second-order valence-electron chi connectivity index (χ2n) is 5.99. The number of hydrogen-bond donors (Lipinski definition) is 1. The quantitative estimate of drug-likeness (QED) is 0.869. The van der Waals surface area contributed by atoms with Crippen molar-refractivity contribution >= 4 is 5.91 Å². The van der Waals surface area contributed by atoms with Crippen LogP contribution in [0, 0.1) is 0 Å². The van der Waals surface area contributed by atoms with Gasteiger partial charge in [0.1, 0.15) is 5.75 Å². The highest BCUT2D eigenvalue weighted by Crippen LogP contribution is 2.18. The summed E-state index contributed by atoms with van der Waals surface area (Å²) in [6.45, 7) is 7.54. The van der Waals surface area contributed by atoms with Gasteiger partial charge in [-0.1, -0.05) is 18.2 Å². The van der Waals surface area contributed by atoms with E-state index in [0.29, 0.717) is 19.5 Å². The van der Waals surface area contributed by atoms with Gasteiger partial charge in [0.2, 0.25) is 5.91 Å². The van der Waals surface area contributed by atoms with E-state index in [1.807, 2.05) is 31.3 Å². The predicted molar refractivity (Wildman–Crippen MR) is 81.8 cm³/mol. The molecule has 0 aliphatic heterocycles. The standard InChI is InChI=1S/C16H26N2O2/c1-16(2,3)17-11-10-15(19)18(4)12-13-8-6-7-9-14(13)20-5/h6-9,17H,10-12H2,1-5H3. The number of carbonyl (C=O) groups is 1. The Bertz CT molecular complexity index is 438. The summed E-state index contributed by atoms with van der Waals surface area (Å²) in [6.07, 6.45) is 0.503. The van der Waals surface area contributed by atoms with Crippen LogP contribution in [-0.4, -0.2) is 37.0 Å². The molecule has 1 aromatic carbocycles. The first-order valence-electron chi connectivity index (χ1n) is 6.94. The second-order valence-corrected chi connectivity index (χ2v) is 5.99. The van der Waals surface area contributed by atoms with E-state index in [1.165, 1.54) is 0 Å². The summed E-state index contributed by atoms with van der Waals surface area (Å²) in [5.41, 5.74) is 1.07. The van der Waals surface area contributed by atoms with Crippen molar-refractivity contribution in [1.29, 1.82) is 0 Å². The monoisotopic (exact) mass is 278 g/mol. The van der Waals surface area contributed by atoms with Gasteiger partial charge in [0, 0.05) is 37.7 Å². The molecule has 1 N–H and O–H groups in total. The molecule has 0 fully saturated rings. The zero-order chi connectivity index (χ0) is 15.2. The Labute approximate surface area is 122 Å². The molecule has 1 rings (SSSR count). The first-order valence-corrected chi connectivity index (χ1v) is 6.94. The molecule has 0 saturated heterocycles. The predicted octanol–water partition coefficient (Wildman–Crippen LogP) is 2.43. The third-order valence-corrected chi connectivity index (χ3v) is 3.02. The molecule has 4 nitrogen and oxygen atoms in total. The maximum Gasteiger partial charge on any atom is 0.223 e. The Balaban J connectivity index is 2.49. The van der Waals surface area contributed by atoms with Crippen LogP contribution in [0.1, 0.15) is 32.8 Å². The van der Waals surface area contributed by atoms with Crippen molar-refractivity contribution in [1.82, 2.24) is 10.2 Å². The molecule has 20 heavy (non-hydrogen) atoms. The zero-order valence-electron chi connectivity index (χ0n) is 13.2. The third kappa shape index (κ3) is 5.61. The first kappa shape index (κ1) is 16.5. The molecule has 0 aliphatic rings. The van der Waals surface area contributed by atoms with Gasteiger partial charge in [0.05, 0.1) is 7.11 Å². The molecular formula is C16H26N2O2. The van der Waals surface area contributed by atoms with E-state index < -0.39 is 0 Å². The van der Waals surface area contributed by atoms with Crippen LogP contribution in [0.25, 0.3) is 0 Å². The van der Waals surface area contributed by atoms with Crippen molar-refractivity contribution in [3.05, 3.63) is 29.8 Å². The van der Waals surface area contributed by atoms with Gasteiger partial charge in [-0.05, 0) is 26.8 Å². The average Bonchev–Trinajstić information content (AvgIpc) is 2.37. The van der Waals surface area contributed by atoms with Crippen LogP contribution in [0.15, 0.2) is 24.3 Å². The minimum Gasteiger partial charge on any atom is -0.496 e. The van der Waals surface area contributed by atoms with Crippen LogP contribution >= 0.6 is 0 Å². The van der Waals surface area contributed by atoms with Crippen molar-refractivity contribution in [3.8, 4) is 5.75 Å². The van der Waals surface area contributed by atoms with E-state index in [2.05, 4.69) is 26.1 Å². The lowest BCUT2D eigenvalue weighted by molar-refractivity contribution is -0.130. The van der Waals surface area contributed by atoms with Gasteiger partial charge in [0.25, 0.3) is 0 Å². The molecule has 0 aliphatic carbocycles. The maximum absolute atomic E-state index is 12.1. The fourth-order valence-corrected chi connectivity index (χ4v) is 1.91. The number of amides is 1. The number of para-hydroxylation sites is 1. The molecule has 0 radical (unpaired) electrons. The van der Waals surface area contributed by atoms with E-state index >= 15 is 0 Å². The molecule has 4 heteroatoms. The van der Waals surface area contributed by atoms with Gasteiger partial charge in [-0.15, -0.1) is 0 Å². The topological polar surface area (TPSA) is 41.6 Å².